The lowest BCUT2D eigenvalue weighted by molar-refractivity contribution is 0.686. The predicted octanol–water partition coefficient (Wildman–Crippen LogP) is 3.98. The van der Waals surface area contributed by atoms with Gasteiger partial charge in [-0.05, 0) is 29.8 Å². The van der Waals surface area contributed by atoms with Gasteiger partial charge in [-0.2, -0.15) is 0 Å². The van der Waals surface area contributed by atoms with Crippen LogP contribution in [0.4, 0.5) is 5.69 Å². The number of aryl methyl sites for hydroxylation is 1. The van der Waals surface area contributed by atoms with E-state index in [0.29, 0.717) is 5.92 Å². The first kappa shape index (κ1) is 12.7. The molecule has 3 nitrogen and oxygen atoms in total. The molecule has 21 heavy (non-hydrogen) atoms. The fourth-order valence-corrected chi connectivity index (χ4v) is 3.32. The van der Waals surface area contributed by atoms with Crippen LogP contribution < -0.4 is 5.32 Å². The molecule has 1 N–H and O–H groups in total. The van der Waals surface area contributed by atoms with Gasteiger partial charge in [0.2, 0.25) is 0 Å². The third kappa shape index (κ3) is 2.09. The lowest BCUT2D eigenvalue weighted by Gasteiger charge is -2.10. The first-order valence-corrected chi connectivity index (χ1v) is 7.54. The highest BCUT2D eigenvalue weighted by molar-refractivity contribution is 6.31. The van der Waals surface area contributed by atoms with Crippen LogP contribution in [0.2, 0.25) is 5.02 Å². The van der Waals surface area contributed by atoms with Crippen LogP contribution in [-0.2, 0) is 13.5 Å². The quantitative estimate of drug-likeness (QED) is 0.775. The van der Waals surface area contributed by atoms with Crippen LogP contribution in [-0.4, -0.2) is 16.1 Å². The molecule has 0 spiro atoms. The van der Waals surface area contributed by atoms with Gasteiger partial charge in [0.05, 0.1) is 11.0 Å². The van der Waals surface area contributed by atoms with Crippen LogP contribution in [0, 0.1) is 0 Å². The van der Waals surface area contributed by atoms with Crippen LogP contribution in [0.3, 0.4) is 0 Å². The van der Waals surface area contributed by atoms with E-state index in [4.69, 9.17) is 16.6 Å². The van der Waals surface area contributed by atoms with Crippen LogP contribution >= 0.6 is 11.6 Å². The van der Waals surface area contributed by atoms with E-state index in [2.05, 4.69) is 41.2 Å². The maximum atomic E-state index is 6.09. The van der Waals surface area contributed by atoms with Crippen LogP contribution in [0.25, 0.3) is 11.0 Å². The molecule has 0 saturated carbocycles. The highest BCUT2D eigenvalue weighted by Crippen LogP contribution is 2.33. The number of hydrogen-bond acceptors (Lipinski definition) is 2. The van der Waals surface area contributed by atoms with E-state index in [1.165, 1.54) is 11.3 Å². The minimum absolute atomic E-state index is 0.479. The first-order valence-electron chi connectivity index (χ1n) is 7.16. The number of aromatic nitrogens is 2. The summed E-state index contributed by atoms with van der Waals surface area (Å²) >= 11 is 6.09. The van der Waals surface area contributed by atoms with E-state index in [0.717, 1.165) is 34.8 Å². The average molecular weight is 298 g/mol. The zero-order valence-corrected chi connectivity index (χ0v) is 12.6. The topological polar surface area (TPSA) is 29.9 Å². The molecule has 0 saturated heterocycles. The fraction of sp³-hybridized carbons (Fsp3) is 0.235. The van der Waals surface area contributed by atoms with E-state index in [-0.39, 0.29) is 0 Å². The molecule has 1 aliphatic heterocycles. The minimum Gasteiger partial charge on any atom is -0.384 e. The van der Waals surface area contributed by atoms with Crippen molar-refractivity contribution in [3.8, 4) is 0 Å². The van der Waals surface area contributed by atoms with E-state index in [1.807, 2.05) is 18.2 Å². The Balaban J connectivity index is 1.71. The van der Waals surface area contributed by atoms with E-state index in [1.54, 1.807) is 0 Å². The highest BCUT2D eigenvalue weighted by Gasteiger charge is 2.23. The number of imidazole rings is 1. The minimum atomic E-state index is 0.479. The second-order valence-corrected chi connectivity index (χ2v) is 6.03. The molecule has 0 radical (unpaired) electrons. The Morgan fingerprint density at radius 1 is 1.29 bits per heavy atom. The lowest BCUT2D eigenvalue weighted by atomic mass is 9.98. The molecule has 4 rings (SSSR count). The molecule has 1 aromatic heterocycles. The summed E-state index contributed by atoms with van der Waals surface area (Å²) in [6, 6.07) is 14.4. The van der Waals surface area contributed by atoms with Gasteiger partial charge in [-0.1, -0.05) is 29.8 Å². The molecule has 0 aliphatic carbocycles. The summed E-state index contributed by atoms with van der Waals surface area (Å²) in [6.45, 7) is 0.976. The Morgan fingerprint density at radius 3 is 3.05 bits per heavy atom. The van der Waals surface area contributed by atoms with Crippen molar-refractivity contribution in [2.24, 2.45) is 7.05 Å². The van der Waals surface area contributed by atoms with E-state index >= 15 is 0 Å². The Hall–Kier alpha value is -2.00. The number of anilines is 1. The maximum Gasteiger partial charge on any atom is 0.110 e. The van der Waals surface area contributed by atoms with Gasteiger partial charge in [0.25, 0.3) is 0 Å². The third-order valence-electron chi connectivity index (χ3n) is 4.30. The molecular formula is C17H16ClN3. The lowest BCUT2D eigenvalue weighted by Crippen LogP contribution is -2.09. The van der Waals surface area contributed by atoms with Crippen molar-refractivity contribution in [3.63, 3.8) is 0 Å². The number of rotatable bonds is 2. The monoisotopic (exact) mass is 297 g/mol. The normalized spacial score (nSPS) is 17.0. The van der Waals surface area contributed by atoms with Crippen LogP contribution in [0.1, 0.15) is 17.3 Å². The number of fused-ring (bicyclic) bond motifs is 2. The van der Waals surface area contributed by atoms with Crippen LogP contribution in [0.5, 0.6) is 0 Å². The van der Waals surface area contributed by atoms with E-state index in [9.17, 15) is 0 Å². The summed E-state index contributed by atoms with van der Waals surface area (Å²) in [5, 5.41) is 4.23. The number of nitrogens with one attached hydrogen (secondary N) is 1. The second-order valence-electron chi connectivity index (χ2n) is 5.59. The molecule has 0 fully saturated rings. The highest BCUT2D eigenvalue weighted by atomic mass is 35.5. The van der Waals surface area contributed by atoms with Crippen LogP contribution in [0.15, 0.2) is 42.5 Å². The van der Waals surface area contributed by atoms with Crippen molar-refractivity contribution < 1.29 is 0 Å². The number of para-hydroxylation sites is 1. The van der Waals surface area contributed by atoms with Gasteiger partial charge in [-0.15, -0.1) is 0 Å². The summed E-state index contributed by atoms with van der Waals surface area (Å²) in [6.07, 6.45) is 0.937. The molecule has 1 atom stereocenters. The summed E-state index contributed by atoms with van der Waals surface area (Å²) < 4.78 is 2.15. The Morgan fingerprint density at radius 2 is 2.14 bits per heavy atom. The summed E-state index contributed by atoms with van der Waals surface area (Å²) in [5.41, 5.74) is 4.75. The zero-order chi connectivity index (χ0) is 14.4. The second kappa shape index (κ2) is 4.78. The summed E-state index contributed by atoms with van der Waals surface area (Å²) in [4.78, 5) is 4.77. The molecule has 4 heteroatoms. The first-order chi connectivity index (χ1) is 10.2. The zero-order valence-electron chi connectivity index (χ0n) is 11.8. The number of halogens is 1. The largest absolute Gasteiger partial charge is 0.384 e. The van der Waals surface area contributed by atoms with Crippen molar-refractivity contribution in [2.45, 2.75) is 12.3 Å². The third-order valence-corrected chi connectivity index (χ3v) is 4.54. The standard InChI is InChI=1S/C17H16ClN3/c1-21-16-9-12(18)6-7-15(16)20-17(21)8-11-10-19-14-5-3-2-4-13(11)14/h2-7,9,11,19H,8,10H2,1H3. The smallest absolute Gasteiger partial charge is 0.110 e. The Bertz CT molecular complexity index is 822. The van der Waals surface area contributed by atoms with Crippen molar-refractivity contribution in [1.82, 2.24) is 9.55 Å². The van der Waals surface area contributed by atoms with Crippen molar-refractivity contribution in [3.05, 3.63) is 58.9 Å². The van der Waals surface area contributed by atoms with Crippen molar-refractivity contribution in [2.75, 3.05) is 11.9 Å². The molecule has 0 amide bonds. The van der Waals surface area contributed by atoms with Gasteiger partial charge in [0, 0.05) is 36.6 Å². The fourth-order valence-electron chi connectivity index (χ4n) is 3.16. The molecule has 106 valence electrons. The number of nitrogens with zero attached hydrogens (tertiary/aromatic N) is 2. The van der Waals surface area contributed by atoms with Gasteiger partial charge < -0.3 is 9.88 Å². The number of benzene rings is 2. The molecule has 3 aromatic rings. The van der Waals surface area contributed by atoms with Gasteiger partial charge in [0.1, 0.15) is 5.82 Å². The SMILES string of the molecule is Cn1c(CC2CNc3ccccc32)nc2ccc(Cl)cc21. The Kier molecular flexibility index (Phi) is 2.89. The number of hydrogen-bond donors (Lipinski definition) is 1. The molecule has 0 bridgehead atoms. The average Bonchev–Trinajstić information content (AvgIpc) is 3.03. The predicted molar refractivity (Wildman–Crippen MR) is 87.1 cm³/mol. The molecule has 1 aliphatic rings. The van der Waals surface area contributed by atoms with Crippen molar-refractivity contribution in [1.29, 1.82) is 0 Å². The molecule has 2 heterocycles. The van der Waals surface area contributed by atoms with Gasteiger partial charge in [0.15, 0.2) is 0 Å². The van der Waals surface area contributed by atoms with Gasteiger partial charge in [-0.25, -0.2) is 4.98 Å². The van der Waals surface area contributed by atoms with Gasteiger partial charge >= 0.3 is 0 Å². The van der Waals surface area contributed by atoms with E-state index < -0.39 is 0 Å². The summed E-state index contributed by atoms with van der Waals surface area (Å²) in [7, 11) is 2.06. The summed E-state index contributed by atoms with van der Waals surface area (Å²) in [5.74, 6) is 1.59. The Labute approximate surface area is 128 Å². The molecular weight excluding hydrogens is 282 g/mol. The molecule has 1 unspecified atom stereocenters. The molecule has 2 aromatic carbocycles. The maximum absolute atomic E-state index is 6.09. The van der Waals surface area contributed by atoms with Gasteiger partial charge in [-0.3, -0.25) is 0 Å². The van der Waals surface area contributed by atoms with Crippen molar-refractivity contribution >= 4 is 28.3 Å².